The molecule has 0 aromatic heterocycles. The Hall–Kier alpha value is -2.53. The molecule has 1 aliphatic heterocycles. The van der Waals surface area contributed by atoms with Crippen molar-refractivity contribution in [3.05, 3.63) is 60.2 Å². The number of nitrogens with one attached hydrogen (secondary N) is 1. The van der Waals surface area contributed by atoms with Crippen LogP contribution in [-0.2, 0) is 6.42 Å². The molecule has 0 unspecified atom stereocenters. The topological polar surface area (TPSA) is 44.8 Å². The number of carbonyl (C=O) groups is 1. The van der Waals surface area contributed by atoms with E-state index >= 15 is 0 Å². The Labute approximate surface area is 168 Å². The van der Waals surface area contributed by atoms with Crippen molar-refractivity contribution in [2.75, 3.05) is 44.6 Å². The van der Waals surface area contributed by atoms with Gasteiger partial charge in [-0.25, -0.2) is 4.79 Å². The van der Waals surface area contributed by atoms with E-state index in [1.807, 2.05) is 35.2 Å². The number of piperazine rings is 1. The lowest BCUT2D eigenvalue weighted by Gasteiger charge is -2.34. The number of nitrogens with zero attached hydrogens (tertiary/aromatic N) is 2. The number of benzene rings is 2. The number of unbranched alkanes of at least 4 members (excludes halogenated alkanes) is 1. The maximum absolute atomic E-state index is 12.5. The monoisotopic (exact) mass is 381 g/mol. The third-order valence-corrected chi connectivity index (χ3v) is 5.09. The Balaban J connectivity index is 1.38. The van der Waals surface area contributed by atoms with Crippen LogP contribution in [0.3, 0.4) is 0 Å². The molecule has 2 aromatic carbocycles. The largest absolute Gasteiger partial charge is 0.494 e. The van der Waals surface area contributed by atoms with E-state index in [1.165, 1.54) is 5.56 Å². The summed E-state index contributed by atoms with van der Waals surface area (Å²) in [6, 6.07) is 18.1. The van der Waals surface area contributed by atoms with Gasteiger partial charge >= 0.3 is 6.03 Å². The minimum absolute atomic E-state index is 0.0256. The van der Waals surface area contributed by atoms with Crippen molar-refractivity contribution in [3.8, 4) is 5.75 Å². The number of anilines is 1. The molecule has 0 aliphatic carbocycles. The minimum Gasteiger partial charge on any atom is -0.494 e. The summed E-state index contributed by atoms with van der Waals surface area (Å²) >= 11 is 0. The SMILES string of the molecule is CCCCOc1ccc(NC(=O)N2CCN(CCc3ccccc3)CC2)cc1. The number of hydrogen-bond acceptors (Lipinski definition) is 3. The van der Waals surface area contributed by atoms with Gasteiger partial charge in [-0.2, -0.15) is 0 Å². The molecule has 1 aliphatic rings. The molecule has 1 fully saturated rings. The van der Waals surface area contributed by atoms with E-state index in [-0.39, 0.29) is 6.03 Å². The maximum atomic E-state index is 12.5. The molecule has 5 heteroatoms. The van der Waals surface area contributed by atoms with Crippen molar-refractivity contribution >= 4 is 11.7 Å². The quantitative estimate of drug-likeness (QED) is 0.695. The number of amides is 2. The number of ether oxygens (including phenoxy) is 1. The third-order valence-electron chi connectivity index (χ3n) is 5.09. The van der Waals surface area contributed by atoms with Gasteiger partial charge in [-0.3, -0.25) is 4.90 Å². The van der Waals surface area contributed by atoms with Crippen LogP contribution < -0.4 is 10.1 Å². The first-order valence-electron chi connectivity index (χ1n) is 10.3. The van der Waals surface area contributed by atoms with Gasteiger partial charge in [-0.15, -0.1) is 0 Å². The standard InChI is InChI=1S/C23H31N3O2/c1-2-3-19-28-22-11-9-21(10-12-22)24-23(27)26-17-15-25(16-18-26)14-13-20-7-5-4-6-8-20/h4-12H,2-3,13-19H2,1H3,(H,24,27). The van der Waals surface area contributed by atoms with Crippen molar-refractivity contribution in [2.24, 2.45) is 0 Å². The average molecular weight is 382 g/mol. The van der Waals surface area contributed by atoms with Crippen LogP contribution in [0.2, 0.25) is 0 Å². The fourth-order valence-corrected chi connectivity index (χ4v) is 3.28. The molecule has 1 N–H and O–H groups in total. The van der Waals surface area contributed by atoms with Crippen LogP contribution in [0.15, 0.2) is 54.6 Å². The zero-order valence-corrected chi connectivity index (χ0v) is 16.8. The summed E-state index contributed by atoms with van der Waals surface area (Å²) in [5.41, 5.74) is 2.17. The second-order valence-electron chi connectivity index (χ2n) is 7.22. The normalized spacial score (nSPS) is 14.7. The van der Waals surface area contributed by atoms with Gasteiger partial charge in [0.15, 0.2) is 0 Å². The number of hydrogen-bond donors (Lipinski definition) is 1. The highest BCUT2D eigenvalue weighted by molar-refractivity contribution is 5.89. The van der Waals surface area contributed by atoms with E-state index in [0.717, 1.165) is 70.0 Å². The molecule has 2 aromatic rings. The van der Waals surface area contributed by atoms with Crippen molar-refractivity contribution in [2.45, 2.75) is 26.2 Å². The lowest BCUT2D eigenvalue weighted by atomic mass is 10.1. The van der Waals surface area contributed by atoms with E-state index in [1.54, 1.807) is 0 Å². The molecule has 0 bridgehead atoms. The molecule has 0 spiro atoms. The summed E-state index contributed by atoms with van der Waals surface area (Å²) in [5.74, 6) is 0.846. The third kappa shape index (κ3) is 6.27. The van der Waals surface area contributed by atoms with Gasteiger partial charge in [0, 0.05) is 38.4 Å². The van der Waals surface area contributed by atoms with Gasteiger partial charge in [-0.1, -0.05) is 43.7 Å². The molecule has 5 nitrogen and oxygen atoms in total. The van der Waals surface area contributed by atoms with E-state index in [2.05, 4.69) is 41.4 Å². The summed E-state index contributed by atoms with van der Waals surface area (Å²) in [6.07, 6.45) is 3.23. The molecule has 1 saturated heterocycles. The first-order valence-corrected chi connectivity index (χ1v) is 10.3. The first kappa shape index (κ1) is 20.2. The predicted octanol–water partition coefficient (Wildman–Crippen LogP) is 4.26. The molecular formula is C23H31N3O2. The highest BCUT2D eigenvalue weighted by Crippen LogP contribution is 2.17. The second kappa shape index (κ2) is 10.7. The van der Waals surface area contributed by atoms with Crippen LogP contribution in [0.25, 0.3) is 0 Å². The molecule has 3 rings (SSSR count). The summed E-state index contributed by atoms with van der Waals surface area (Å²) in [5, 5.41) is 2.99. The Kier molecular flexibility index (Phi) is 7.73. The van der Waals surface area contributed by atoms with Crippen LogP contribution in [0.1, 0.15) is 25.3 Å². The minimum atomic E-state index is -0.0256. The van der Waals surface area contributed by atoms with E-state index in [4.69, 9.17) is 4.74 Å². The van der Waals surface area contributed by atoms with Crippen LogP contribution >= 0.6 is 0 Å². The van der Waals surface area contributed by atoms with E-state index in [0.29, 0.717) is 0 Å². The van der Waals surface area contributed by atoms with Gasteiger partial charge in [0.05, 0.1) is 6.61 Å². The molecule has 1 heterocycles. The molecule has 0 saturated carbocycles. The molecule has 28 heavy (non-hydrogen) atoms. The Morgan fingerprint density at radius 3 is 2.39 bits per heavy atom. The lowest BCUT2D eigenvalue weighted by molar-refractivity contribution is 0.148. The number of urea groups is 1. The first-order chi connectivity index (χ1) is 13.7. The fourth-order valence-electron chi connectivity index (χ4n) is 3.28. The molecule has 150 valence electrons. The highest BCUT2D eigenvalue weighted by Gasteiger charge is 2.20. The van der Waals surface area contributed by atoms with E-state index < -0.39 is 0 Å². The Morgan fingerprint density at radius 2 is 1.71 bits per heavy atom. The Morgan fingerprint density at radius 1 is 1.00 bits per heavy atom. The van der Waals surface area contributed by atoms with Crippen LogP contribution in [0.4, 0.5) is 10.5 Å². The average Bonchev–Trinajstić information content (AvgIpc) is 2.75. The maximum Gasteiger partial charge on any atom is 0.321 e. The van der Waals surface area contributed by atoms with Crippen molar-refractivity contribution in [3.63, 3.8) is 0 Å². The van der Waals surface area contributed by atoms with E-state index in [9.17, 15) is 4.79 Å². The second-order valence-corrected chi connectivity index (χ2v) is 7.22. The summed E-state index contributed by atoms with van der Waals surface area (Å²) in [6.45, 7) is 7.29. The number of rotatable bonds is 8. The van der Waals surface area contributed by atoms with Crippen LogP contribution in [0.5, 0.6) is 5.75 Å². The van der Waals surface area contributed by atoms with Crippen molar-refractivity contribution in [1.29, 1.82) is 0 Å². The summed E-state index contributed by atoms with van der Waals surface area (Å²) in [4.78, 5) is 16.8. The molecule has 2 amide bonds. The molecule has 0 radical (unpaired) electrons. The smallest absolute Gasteiger partial charge is 0.321 e. The van der Waals surface area contributed by atoms with Gasteiger partial charge in [0.25, 0.3) is 0 Å². The zero-order valence-electron chi connectivity index (χ0n) is 16.8. The van der Waals surface area contributed by atoms with Gasteiger partial charge in [-0.05, 0) is 42.7 Å². The zero-order chi connectivity index (χ0) is 19.6. The van der Waals surface area contributed by atoms with Crippen LogP contribution in [0, 0.1) is 0 Å². The fraction of sp³-hybridized carbons (Fsp3) is 0.435. The van der Waals surface area contributed by atoms with Gasteiger partial charge < -0.3 is 15.0 Å². The predicted molar refractivity (Wildman–Crippen MR) is 114 cm³/mol. The Bertz CT molecular complexity index is 710. The van der Waals surface area contributed by atoms with Crippen LogP contribution in [-0.4, -0.2) is 55.2 Å². The summed E-state index contributed by atoms with van der Waals surface area (Å²) in [7, 11) is 0. The number of carbonyl (C=O) groups excluding carboxylic acids is 1. The van der Waals surface area contributed by atoms with Crippen molar-refractivity contribution < 1.29 is 9.53 Å². The van der Waals surface area contributed by atoms with Gasteiger partial charge in [0.1, 0.15) is 5.75 Å². The van der Waals surface area contributed by atoms with Gasteiger partial charge in [0.2, 0.25) is 0 Å². The van der Waals surface area contributed by atoms with Crippen molar-refractivity contribution in [1.82, 2.24) is 9.80 Å². The lowest BCUT2D eigenvalue weighted by Crippen LogP contribution is -2.50. The summed E-state index contributed by atoms with van der Waals surface area (Å²) < 4.78 is 5.66. The highest BCUT2D eigenvalue weighted by atomic mass is 16.5. The molecule has 0 atom stereocenters. The molecular weight excluding hydrogens is 350 g/mol.